The van der Waals surface area contributed by atoms with Crippen molar-refractivity contribution in [3.05, 3.63) is 0 Å². The lowest BCUT2D eigenvalue weighted by Crippen LogP contribution is -2.70. The fourth-order valence-electron chi connectivity index (χ4n) is 7.44. The van der Waals surface area contributed by atoms with Crippen molar-refractivity contribution in [2.75, 3.05) is 26.3 Å². The smallest absolute Gasteiger partial charge is 0.308 e. The highest BCUT2D eigenvalue weighted by Gasteiger charge is 2.69. The van der Waals surface area contributed by atoms with E-state index in [9.17, 15) is 9.59 Å². The van der Waals surface area contributed by atoms with Gasteiger partial charge in [0.15, 0.2) is 17.7 Å². The fourth-order valence-corrected chi connectivity index (χ4v) is 7.44. The SMILES string of the molecule is C[C@H]1[C@H](OC(=O)CCC(=O)N2CCC3(CC2)OCCO3)O[C@@H]2O[C@@]3(C)CC[C@H]4[C@H](C)CC[C@H]1[C@@]24OO3. The fraction of sp³-hybridized carbons (Fsp3) is 0.923. The number of esters is 1. The Kier molecular flexibility index (Phi) is 6.37. The number of hydrogen-bond acceptors (Lipinski definition) is 9. The molecule has 6 heterocycles. The average Bonchev–Trinajstić information content (AvgIpc) is 3.19. The van der Waals surface area contributed by atoms with Crippen molar-refractivity contribution in [2.24, 2.45) is 23.7 Å². The van der Waals surface area contributed by atoms with E-state index in [2.05, 4.69) is 6.92 Å². The number of carbonyl (C=O) groups excluding carboxylic acids is 2. The van der Waals surface area contributed by atoms with Gasteiger partial charge in [-0.1, -0.05) is 13.8 Å². The van der Waals surface area contributed by atoms with Crippen molar-refractivity contribution >= 4 is 11.9 Å². The summed E-state index contributed by atoms with van der Waals surface area (Å²) in [6, 6.07) is 0. The Bertz CT molecular complexity index is 867. The molecular formula is C26H39NO9. The van der Waals surface area contributed by atoms with Crippen molar-refractivity contribution in [3.63, 3.8) is 0 Å². The van der Waals surface area contributed by atoms with E-state index in [0.29, 0.717) is 45.1 Å². The Morgan fingerprint density at radius 3 is 2.44 bits per heavy atom. The second kappa shape index (κ2) is 9.17. The molecule has 1 saturated carbocycles. The summed E-state index contributed by atoms with van der Waals surface area (Å²) in [5.41, 5.74) is -0.690. The second-order valence-electron chi connectivity index (χ2n) is 11.8. The number of ether oxygens (including phenoxy) is 5. The Balaban J connectivity index is 1.06. The van der Waals surface area contributed by atoms with Crippen LogP contribution in [0.25, 0.3) is 0 Å². The number of rotatable bonds is 4. The van der Waals surface area contributed by atoms with Crippen LogP contribution in [0.2, 0.25) is 0 Å². The molecule has 7 rings (SSSR count). The minimum absolute atomic E-state index is 0.0123. The quantitative estimate of drug-likeness (QED) is 0.418. The number of hydrogen-bond donors (Lipinski definition) is 0. The lowest BCUT2D eigenvalue weighted by molar-refractivity contribution is -0.576. The van der Waals surface area contributed by atoms with E-state index in [-0.39, 0.29) is 36.5 Å². The third kappa shape index (κ3) is 4.08. The highest BCUT2D eigenvalue weighted by atomic mass is 17.3. The second-order valence-corrected chi connectivity index (χ2v) is 11.8. The summed E-state index contributed by atoms with van der Waals surface area (Å²) in [5.74, 6) is -1.17. The highest BCUT2D eigenvalue weighted by Crippen LogP contribution is 2.60. The van der Waals surface area contributed by atoms with Gasteiger partial charge in [0.2, 0.25) is 18.0 Å². The molecule has 202 valence electrons. The predicted molar refractivity (Wildman–Crippen MR) is 123 cm³/mol. The maximum Gasteiger partial charge on any atom is 0.308 e. The lowest BCUT2D eigenvalue weighted by Gasteiger charge is -2.59. The molecule has 8 atom stereocenters. The Morgan fingerprint density at radius 2 is 1.69 bits per heavy atom. The summed E-state index contributed by atoms with van der Waals surface area (Å²) >= 11 is 0. The van der Waals surface area contributed by atoms with Crippen LogP contribution in [-0.4, -0.2) is 72.8 Å². The molecule has 10 heteroatoms. The van der Waals surface area contributed by atoms with Gasteiger partial charge < -0.3 is 28.6 Å². The molecule has 0 unspecified atom stereocenters. The van der Waals surface area contributed by atoms with Crippen LogP contribution in [0.15, 0.2) is 0 Å². The summed E-state index contributed by atoms with van der Waals surface area (Å²) in [5, 5.41) is 0. The van der Waals surface area contributed by atoms with Crippen molar-refractivity contribution in [3.8, 4) is 0 Å². The summed E-state index contributed by atoms with van der Waals surface area (Å²) in [6.45, 7) is 8.53. The minimum atomic E-state index is -0.874. The first-order valence-electron chi connectivity index (χ1n) is 13.7. The number of fused-ring (bicyclic) bond motifs is 2. The zero-order valence-corrected chi connectivity index (χ0v) is 21.6. The molecule has 7 fully saturated rings. The van der Waals surface area contributed by atoms with Gasteiger partial charge >= 0.3 is 5.97 Å². The van der Waals surface area contributed by atoms with Gasteiger partial charge in [0.1, 0.15) is 0 Å². The highest BCUT2D eigenvalue weighted by molar-refractivity contribution is 5.81. The molecule has 6 saturated heterocycles. The molecule has 1 amide bonds. The third-order valence-electron chi connectivity index (χ3n) is 9.58. The van der Waals surface area contributed by atoms with E-state index >= 15 is 0 Å². The number of likely N-dealkylation sites (tertiary alicyclic amines) is 1. The molecule has 0 aromatic rings. The molecule has 7 aliphatic rings. The molecular weight excluding hydrogens is 470 g/mol. The zero-order valence-electron chi connectivity index (χ0n) is 21.6. The third-order valence-corrected chi connectivity index (χ3v) is 9.58. The van der Waals surface area contributed by atoms with Crippen LogP contribution in [0, 0.1) is 23.7 Å². The van der Waals surface area contributed by atoms with Crippen LogP contribution in [-0.2, 0) is 43.0 Å². The van der Waals surface area contributed by atoms with E-state index in [1.54, 1.807) is 4.90 Å². The Hall–Kier alpha value is -1.30. The van der Waals surface area contributed by atoms with Crippen molar-refractivity contribution in [1.82, 2.24) is 4.90 Å². The molecule has 0 N–H and O–H groups in total. The summed E-state index contributed by atoms with van der Waals surface area (Å²) in [4.78, 5) is 39.3. The standard InChI is InChI=1S/C26H39NO9/c1-16-4-5-19-17(2)22(33-23-26(19)18(16)8-9-24(3,34-23)35-36-26)32-21(29)7-6-20(28)27-12-10-25(11-13-27)30-14-15-31-25/h16-19,22-23H,4-15H2,1-3H3/t16-,17-,18+,19-,22-,23-,24-,26-/m1/s1. The first-order chi connectivity index (χ1) is 17.2. The van der Waals surface area contributed by atoms with Crippen LogP contribution < -0.4 is 0 Å². The van der Waals surface area contributed by atoms with Crippen LogP contribution in [0.4, 0.5) is 0 Å². The first-order valence-corrected chi connectivity index (χ1v) is 13.7. The van der Waals surface area contributed by atoms with E-state index < -0.39 is 35.7 Å². The van der Waals surface area contributed by atoms with Gasteiger partial charge in [-0.15, -0.1) is 0 Å². The van der Waals surface area contributed by atoms with Gasteiger partial charge in [0.25, 0.3) is 0 Å². The van der Waals surface area contributed by atoms with E-state index in [4.69, 9.17) is 33.5 Å². The number of carbonyl (C=O) groups is 2. The van der Waals surface area contributed by atoms with E-state index in [0.717, 1.165) is 25.7 Å². The van der Waals surface area contributed by atoms with Gasteiger partial charge in [-0.25, -0.2) is 9.78 Å². The molecule has 0 radical (unpaired) electrons. The maximum atomic E-state index is 12.8. The van der Waals surface area contributed by atoms with Gasteiger partial charge in [-0.05, 0) is 38.0 Å². The van der Waals surface area contributed by atoms with Gasteiger partial charge in [0, 0.05) is 50.6 Å². The molecule has 0 aromatic carbocycles. The maximum absolute atomic E-state index is 12.8. The molecule has 2 bridgehead atoms. The predicted octanol–water partition coefficient (Wildman–Crippen LogP) is 2.88. The van der Waals surface area contributed by atoms with Crippen LogP contribution in [0.3, 0.4) is 0 Å². The first kappa shape index (κ1) is 25.0. The van der Waals surface area contributed by atoms with Crippen LogP contribution in [0.5, 0.6) is 0 Å². The van der Waals surface area contributed by atoms with Crippen LogP contribution in [0.1, 0.15) is 72.1 Å². The number of amides is 1. The molecule has 1 aliphatic carbocycles. The Morgan fingerprint density at radius 1 is 0.944 bits per heavy atom. The number of piperidine rings is 1. The lowest BCUT2D eigenvalue weighted by atomic mass is 9.58. The van der Waals surface area contributed by atoms with Gasteiger partial charge in [-0.3, -0.25) is 9.59 Å². The normalized spacial score (nSPS) is 45.2. The topological polar surface area (TPSA) is 102 Å². The average molecular weight is 510 g/mol. The molecule has 0 aromatic heterocycles. The van der Waals surface area contributed by atoms with E-state index in [1.165, 1.54) is 0 Å². The summed E-state index contributed by atoms with van der Waals surface area (Å²) in [7, 11) is 0. The number of nitrogens with zero attached hydrogens (tertiary/aromatic N) is 1. The molecule has 2 spiro atoms. The van der Waals surface area contributed by atoms with Crippen LogP contribution >= 0.6 is 0 Å². The van der Waals surface area contributed by atoms with Crippen molar-refractivity contribution < 1.29 is 43.0 Å². The summed E-state index contributed by atoms with van der Waals surface area (Å²) < 4.78 is 29.9. The Labute approximate surface area is 212 Å². The molecule has 6 aliphatic heterocycles. The minimum Gasteiger partial charge on any atom is -0.435 e. The molecule has 36 heavy (non-hydrogen) atoms. The van der Waals surface area contributed by atoms with Crippen molar-refractivity contribution in [2.45, 2.75) is 102 Å². The largest absolute Gasteiger partial charge is 0.435 e. The van der Waals surface area contributed by atoms with Gasteiger partial charge in [-0.2, -0.15) is 0 Å². The van der Waals surface area contributed by atoms with Crippen molar-refractivity contribution in [1.29, 1.82) is 0 Å². The zero-order chi connectivity index (χ0) is 25.1. The summed E-state index contributed by atoms with van der Waals surface area (Å²) in [6.07, 6.45) is 3.71. The van der Waals surface area contributed by atoms with Gasteiger partial charge in [0.05, 0.1) is 19.6 Å². The van der Waals surface area contributed by atoms with E-state index in [1.807, 2.05) is 13.8 Å². The monoisotopic (exact) mass is 509 g/mol. The molecule has 10 nitrogen and oxygen atoms in total.